The molecular formula is C65H74F3N15O3. The second-order valence-corrected chi connectivity index (χ2v) is 21.3. The Morgan fingerprint density at radius 3 is 1.38 bits per heavy atom. The van der Waals surface area contributed by atoms with E-state index < -0.39 is 12.0 Å². The van der Waals surface area contributed by atoms with Gasteiger partial charge in [-0.3, -0.25) is 4.98 Å². The van der Waals surface area contributed by atoms with Gasteiger partial charge in [0.15, 0.2) is 0 Å². The van der Waals surface area contributed by atoms with E-state index in [1.165, 1.54) is 65.8 Å². The lowest BCUT2D eigenvalue weighted by molar-refractivity contribution is -0.146. The smallest absolute Gasteiger partial charge is 0.453 e. The molecule has 0 saturated carbocycles. The Morgan fingerprint density at radius 1 is 0.500 bits per heavy atom. The number of rotatable bonds is 18. The number of methoxy groups -OCH3 is 3. The van der Waals surface area contributed by atoms with Crippen molar-refractivity contribution < 1.29 is 27.4 Å². The molecule has 3 saturated heterocycles. The van der Waals surface area contributed by atoms with Crippen LogP contribution < -0.4 is 46.1 Å². The number of alkyl halides is 3. The number of nitrogens with one attached hydrogen (secondary N) is 6. The Morgan fingerprint density at radius 2 is 0.942 bits per heavy atom. The van der Waals surface area contributed by atoms with Gasteiger partial charge in [0.05, 0.1) is 32.7 Å². The van der Waals surface area contributed by atoms with Crippen molar-refractivity contribution in [3.8, 4) is 39.8 Å². The maximum Gasteiger partial charge on any atom is 0.453 e. The van der Waals surface area contributed by atoms with Crippen molar-refractivity contribution in [2.45, 2.75) is 101 Å². The van der Waals surface area contributed by atoms with E-state index in [0.717, 1.165) is 80.3 Å². The third-order valence-electron chi connectivity index (χ3n) is 15.9. The van der Waals surface area contributed by atoms with E-state index >= 15 is 0 Å². The lowest BCUT2D eigenvalue weighted by Crippen LogP contribution is -2.45. The first-order valence-corrected chi connectivity index (χ1v) is 29.2. The molecule has 3 aliphatic heterocycles. The highest BCUT2D eigenvalue weighted by Gasteiger charge is 2.39. The van der Waals surface area contributed by atoms with Crippen molar-refractivity contribution in [2.75, 3.05) is 41.0 Å². The number of tetrazole rings is 2. The molecule has 0 bridgehead atoms. The molecule has 6 N–H and O–H groups in total. The molecule has 86 heavy (non-hydrogen) atoms. The van der Waals surface area contributed by atoms with Gasteiger partial charge in [0.1, 0.15) is 23.6 Å². The van der Waals surface area contributed by atoms with E-state index in [4.69, 9.17) is 14.2 Å². The largest absolute Gasteiger partial charge is 0.496 e. The summed E-state index contributed by atoms with van der Waals surface area (Å²) >= 11 is 0. The van der Waals surface area contributed by atoms with Crippen molar-refractivity contribution in [1.29, 1.82) is 0 Å². The summed E-state index contributed by atoms with van der Waals surface area (Å²) in [4.78, 5) is 4.12. The second kappa shape index (κ2) is 30.1. The zero-order valence-corrected chi connectivity index (χ0v) is 48.6. The van der Waals surface area contributed by atoms with E-state index in [1.807, 2.05) is 54.9 Å². The quantitative estimate of drug-likeness (QED) is 0.0474. The van der Waals surface area contributed by atoms with Crippen molar-refractivity contribution in [3.05, 3.63) is 216 Å². The second-order valence-electron chi connectivity index (χ2n) is 21.3. The molecule has 0 spiro atoms. The van der Waals surface area contributed by atoms with Gasteiger partial charge in [-0.1, -0.05) is 97.1 Å². The molecule has 12 rings (SSSR count). The zero-order valence-electron chi connectivity index (χ0n) is 48.6. The minimum atomic E-state index is -4.65. The molecule has 3 aromatic heterocycles. The van der Waals surface area contributed by atoms with Crippen LogP contribution in [0.15, 0.2) is 176 Å². The van der Waals surface area contributed by atoms with E-state index in [2.05, 4.69) is 165 Å². The molecule has 3 aliphatic rings. The maximum atomic E-state index is 13.2. The predicted octanol–water partition coefficient (Wildman–Crippen LogP) is 9.87. The highest BCUT2D eigenvalue weighted by Crippen LogP contribution is 2.33. The van der Waals surface area contributed by atoms with Gasteiger partial charge in [0.2, 0.25) is 0 Å². The third kappa shape index (κ3) is 15.7. The van der Waals surface area contributed by atoms with Crippen LogP contribution in [0.4, 0.5) is 13.2 Å². The monoisotopic (exact) mass is 1170 g/mol. The molecule has 3 fully saturated rings. The Balaban J connectivity index is 0.000000143. The van der Waals surface area contributed by atoms with Crippen LogP contribution in [0.2, 0.25) is 0 Å². The van der Waals surface area contributed by atoms with Crippen LogP contribution in [0.1, 0.15) is 95.9 Å². The first kappa shape index (κ1) is 60.7. The number of ether oxygens (including phenoxy) is 3. The molecule has 0 unspecified atom stereocenters. The molecule has 6 atom stereocenters. The van der Waals surface area contributed by atoms with Crippen LogP contribution in [0.25, 0.3) is 22.5 Å². The van der Waals surface area contributed by atoms with E-state index in [1.54, 1.807) is 37.4 Å². The van der Waals surface area contributed by atoms with Gasteiger partial charge < -0.3 is 46.1 Å². The van der Waals surface area contributed by atoms with Gasteiger partial charge in [-0.05, 0) is 167 Å². The summed E-state index contributed by atoms with van der Waals surface area (Å²) in [6.07, 6.45) is 7.29. The average Bonchev–Trinajstić information content (AvgIpc) is 4.38. The summed E-state index contributed by atoms with van der Waals surface area (Å²) in [6, 6.07) is 54.5. The molecule has 0 radical (unpaired) electrons. The Labute approximate surface area is 499 Å². The maximum absolute atomic E-state index is 13.2. The van der Waals surface area contributed by atoms with Crippen LogP contribution in [0, 0.1) is 0 Å². The molecule has 9 aromatic rings. The van der Waals surface area contributed by atoms with E-state index in [0.29, 0.717) is 41.1 Å². The SMILES string of the molecule is COc1ccc(-c2ccncc2)cc1CN[C@H]1CCCN[C@H]1c1ccccc1.COc1ccc(-n2cnnn2)cc1CN[C@H]1CCCN[C@H]1c1ccccc1.COc1ccc(-n2nnnc2C(F)(F)F)cc1CN[C@H]1CCCN[C@H]1c1ccccc1. The van der Waals surface area contributed by atoms with Crippen LogP contribution >= 0.6 is 0 Å². The predicted molar refractivity (Wildman–Crippen MR) is 324 cm³/mol. The van der Waals surface area contributed by atoms with Gasteiger partial charge in [-0.25, -0.2) is 4.68 Å². The summed E-state index contributed by atoms with van der Waals surface area (Å²) < 4.78 is 58.5. The minimum Gasteiger partial charge on any atom is -0.496 e. The Hall–Kier alpha value is -8.44. The fourth-order valence-electron chi connectivity index (χ4n) is 11.6. The van der Waals surface area contributed by atoms with Gasteiger partial charge >= 0.3 is 6.18 Å². The average molecular weight is 1170 g/mol. The van der Waals surface area contributed by atoms with Crippen LogP contribution in [0.3, 0.4) is 0 Å². The summed E-state index contributed by atoms with van der Waals surface area (Å²) in [5, 5.41) is 43.2. The molecule has 0 amide bonds. The number of halogens is 3. The van der Waals surface area contributed by atoms with Crippen molar-refractivity contribution in [1.82, 2.24) is 77.3 Å². The normalized spacial score (nSPS) is 19.5. The third-order valence-corrected chi connectivity index (χ3v) is 15.9. The first-order chi connectivity index (χ1) is 42.2. The number of pyridine rings is 1. The topological polar surface area (TPSA) is 200 Å². The molecule has 6 heterocycles. The van der Waals surface area contributed by atoms with Crippen molar-refractivity contribution in [3.63, 3.8) is 0 Å². The number of aromatic nitrogens is 9. The number of hydrogen-bond donors (Lipinski definition) is 6. The highest BCUT2D eigenvalue weighted by atomic mass is 19.4. The van der Waals surface area contributed by atoms with Crippen LogP contribution in [0.5, 0.6) is 17.2 Å². The Bertz CT molecular complexity index is 3480. The summed E-state index contributed by atoms with van der Waals surface area (Å²) in [5.41, 5.74) is 10.3. The lowest BCUT2D eigenvalue weighted by atomic mass is 9.92. The molecule has 21 heteroatoms. The van der Waals surface area contributed by atoms with Gasteiger partial charge in [0.25, 0.3) is 5.82 Å². The number of nitrogens with zero attached hydrogens (tertiary/aromatic N) is 9. The number of piperidine rings is 3. The van der Waals surface area contributed by atoms with Crippen molar-refractivity contribution in [2.24, 2.45) is 0 Å². The lowest BCUT2D eigenvalue weighted by Gasteiger charge is -2.34. The fraction of sp³-hybridized carbons (Fsp3) is 0.338. The van der Waals surface area contributed by atoms with E-state index in [9.17, 15) is 13.2 Å². The fourth-order valence-corrected chi connectivity index (χ4v) is 11.6. The molecule has 448 valence electrons. The summed E-state index contributed by atoms with van der Waals surface area (Å²) in [6.45, 7) is 4.98. The molecule has 0 aliphatic carbocycles. The Kier molecular flexibility index (Phi) is 21.2. The minimum absolute atomic E-state index is 0.153. The number of hydrogen-bond acceptors (Lipinski definition) is 16. The standard InChI is InChI=1S/C24H27N3O.C21H23F3N6O.C20H24N6O/c1-28-23-10-9-20(18-11-14-25-15-12-18)16-21(23)17-27-22-8-5-13-26-24(22)19-6-3-2-4-7-19;1-31-18-10-9-16(30-20(21(22,23)24)27-28-29-30)12-15(18)13-26-17-8-5-11-25-19(17)14-6-3-2-4-7-14;1-27-19-10-9-17(26-14-23-24-25-26)12-16(19)13-22-18-8-5-11-21-20(18)15-6-3-2-4-7-15/h2-4,6-7,9-12,14-16,22,24,26-27H,5,8,13,17H2,1H3;2-4,6-7,9-10,12,17,19,25-26H,5,8,11,13H2,1H3;2-4,6-7,9-10,12,14,18,20-22H,5,8,11,13H2,1H3/t22-,24-;17-,19-;18-,20-/m000/s1. The van der Waals surface area contributed by atoms with Gasteiger partial charge in [-0.2, -0.15) is 17.9 Å². The first-order valence-electron chi connectivity index (χ1n) is 29.2. The van der Waals surface area contributed by atoms with E-state index in [-0.39, 0.29) is 17.8 Å². The summed E-state index contributed by atoms with van der Waals surface area (Å²) in [7, 11) is 4.97. The molecule has 18 nitrogen and oxygen atoms in total. The molecular weight excluding hydrogens is 1100 g/mol. The van der Waals surface area contributed by atoms with Crippen molar-refractivity contribution >= 4 is 0 Å². The van der Waals surface area contributed by atoms with Crippen LogP contribution in [-0.4, -0.2) is 104 Å². The van der Waals surface area contributed by atoms with Crippen LogP contribution in [-0.2, 0) is 25.8 Å². The highest BCUT2D eigenvalue weighted by molar-refractivity contribution is 5.65. The summed E-state index contributed by atoms with van der Waals surface area (Å²) in [5.74, 6) is 1.19. The van der Waals surface area contributed by atoms with Gasteiger partial charge in [-0.15, -0.1) is 10.2 Å². The molecule has 6 aromatic carbocycles. The van der Waals surface area contributed by atoms with Gasteiger partial charge in [0, 0.05) is 85.0 Å². The zero-order chi connectivity index (χ0) is 59.5. The number of benzene rings is 6.